The Kier molecular flexibility index (Phi) is 6.73. The van der Waals surface area contributed by atoms with Crippen molar-refractivity contribution in [2.24, 2.45) is 0 Å². The van der Waals surface area contributed by atoms with E-state index in [1.54, 1.807) is 18.2 Å². The average molecular weight is 514 g/mol. The Bertz CT molecular complexity index is 1270. The van der Waals surface area contributed by atoms with Gasteiger partial charge in [0.05, 0.1) is 15.7 Å². The number of amides is 4. The van der Waals surface area contributed by atoms with Crippen molar-refractivity contribution < 1.29 is 14.4 Å². The molecule has 2 heterocycles. The summed E-state index contributed by atoms with van der Waals surface area (Å²) in [6.45, 7) is 11.8. The Hall–Kier alpha value is -2.83. The number of barbiturate groups is 1. The van der Waals surface area contributed by atoms with Crippen LogP contribution in [-0.2, 0) is 9.59 Å². The van der Waals surface area contributed by atoms with Gasteiger partial charge in [0, 0.05) is 17.8 Å². The zero-order valence-corrected chi connectivity index (χ0v) is 22.0. The number of hydrogen-bond donors (Lipinski definition) is 1. The molecule has 1 fully saturated rings. The first-order valence-corrected chi connectivity index (χ1v) is 12.5. The van der Waals surface area contributed by atoms with Gasteiger partial charge in [0.15, 0.2) is 0 Å². The van der Waals surface area contributed by atoms with Gasteiger partial charge in [-0.25, -0.2) is 9.69 Å². The molecule has 8 heteroatoms. The molecule has 35 heavy (non-hydrogen) atoms. The maximum absolute atomic E-state index is 13.4. The van der Waals surface area contributed by atoms with Gasteiger partial charge in [-0.2, -0.15) is 0 Å². The molecular weight excluding hydrogens is 485 g/mol. The van der Waals surface area contributed by atoms with Gasteiger partial charge in [-0.15, -0.1) is 0 Å². The molecule has 1 saturated heterocycles. The van der Waals surface area contributed by atoms with Crippen molar-refractivity contribution in [3.8, 4) is 0 Å². The molecule has 184 valence electrons. The number of rotatable bonds is 4. The molecule has 0 radical (unpaired) electrons. The largest absolute Gasteiger partial charge is 0.366 e. The van der Waals surface area contributed by atoms with E-state index in [0.29, 0.717) is 5.92 Å². The Labute approximate surface area is 215 Å². The summed E-state index contributed by atoms with van der Waals surface area (Å²) in [5.41, 5.74) is 4.09. The first kappa shape index (κ1) is 25.3. The molecule has 1 atom stereocenters. The van der Waals surface area contributed by atoms with Gasteiger partial charge in [-0.3, -0.25) is 14.9 Å². The fraction of sp³-hybridized carbons (Fsp3) is 0.370. The molecule has 2 aromatic carbocycles. The van der Waals surface area contributed by atoms with Gasteiger partial charge >= 0.3 is 6.03 Å². The van der Waals surface area contributed by atoms with Crippen LogP contribution in [0.1, 0.15) is 63.1 Å². The second-order valence-electron chi connectivity index (χ2n) is 9.87. The van der Waals surface area contributed by atoms with Crippen LogP contribution in [0, 0.1) is 6.92 Å². The van der Waals surface area contributed by atoms with Crippen LogP contribution in [-0.4, -0.2) is 29.9 Å². The number of imide groups is 2. The molecule has 6 nitrogen and oxygen atoms in total. The lowest BCUT2D eigenvalue weighted by molar-refractivity contribution is -0.122. The van der Waals surface area contributed by atoms with E-state index in [-0.39, 0.29) is 26.8 Å². The number of nitrogens with zero attached hydrogens (tertiary/aromatic N) is 2. The fourth-order valence-electron chi connectivity index (χ4n) is 5.15. The van der Waals surface area contributed by atoms with Crippen molar-refractivity contribution in [1.29, 1.82) is 0 Å². The molecule has 4 rings (SSSR count). The highest BCUT2D eigenvalue weighted by molar-refractivity contribution is 6.46. The van der Waals surface area contributed by atoms with Crippen LogP contribution in [0.2, 0.25) is 10.0 Å². The zero-order chi connectivity index (χ0) is 25.7. The number of carbonyl (C=O) groups excluding carboxylic acids is 3. The average Bonchev–Trinajstić information content (AvgIpc) is 2.77. The maximum Gasteiger partial charge on any atom is 0.336 e. The Balaban J connectivity index is 1.79. The highest BCUT2D eigenvalue weighted by Crippen LogP contribution is 2.45. The monoisotopic (exact) mass is 513 g/mol. The van der Waals surface area contributed by atoms with Gasteiger partial charge < -0.3 is 4.90 Å². The second kappa shape index (κ2) is 9.32. The van der Waals surface area contributed by atoms with Gasteiger partial charge in [-0.1, -0.05) is 43.1 Å². The summed E-state index contributed by atoms with van der Waals surface area (Å²) >= 11 is 12.4. The smallest absolute Gasteiger partial charge is 0.336 e. The number of anilines is 2. The molecule has 0 bridgehead atoms. The minimum atomic E-state index is -0.866. The van der Waals surface area contributed by atoms with Crippen molar-refractivity contribution >= 4 is 58.5 Å². The topological polar surface area (TPSA) is 69.7 Å². The van der Waals surface area contributed by atoms with E-state index < -0.39 is 17.8 Å². The number of aryl methyl sites for hydroxylation is 1. The Morgan fingerprint density at radius 2 is 1.86 bits per heavy atom. The van der Waals surface area contributed by atoms with Gasteiger partial charge in [-0.05, 0) is 86.6 Å². The van der Waals surface area contributed by atoms with Crippen LogP contribution in [0.25, 0.3) is 6.08 Å². The summed E-state index contributed by atoms with van der Waals surface area (Å²) < 4.78 is 0. The van der Waals surface area contributed by atoms with Crippen LogP contribution in [0.15, 0.2) is 35.9 Å². The molecule has 1 unspecified atom stereocenters. The molecule has 0 aliphatic carbocycles. The van der Waals surface area contributed by atoms with Gasteiger partial charge in [0.2, 0.25) is 0 Å². The number of benzene rings is 2. The van der Waals surface area contributed by atoms with E-state index in [4.69, 9.17) is 23.2 Å². The predicted octanol–water partition coefficient (Wildman–Crippen LogP) is 6.47. The van der Waals surface area contributed by atoms with Crippen molar-refractivity contribution in [3.63, 3.8) is 0 Å². The van der Waals surface area contributed by atoms with Crippen molar-refractivity contribution in [2.45, 2.75) is 58.9 Å². The Morgan fingerprint density at radius 1 is 1.14 bits per heavy atom. The number of halogens is 2. The van der Waals surface area contributed by atoms with Crippen LogP contribution in [0.4, 0.5) is 16.2 Å². The minimum absolute atomic E-state index is 0.0329. The fourth-order valence-corrected chi connectivity index (χ4v) is 5.53. The summed E-state index contributed by atoms with van der Waals surface area (Å²) in [5, 5.41) is 2.51. The zero-order valence-electron chi connectivity index (χ0n) is 20.5. The van der Waals surface area contributed by atoms with Crippen molar-refractivity contribution in [2.75, 3.05) is 16.3 Å². The first-order chi connectivity index (χ1) is 16.5. The number of carbonyl (C=O) groups is 3. The summed E-state index contributed by atoms with van der Waals surface area (Å²) in [5.74, 6) is -1.18. The Morgan fingerprint density at radius 3 is 2.54 bits per heavy atom. The SMILES string of the molecule is CCCN1c2cc(C)c(/C=C3/C(=O)NC(=O)N(c4cccc(Cl)c4Cl)C3=O)cc2C(C)CC1(C)C. The summed E-state index contributed by atoms with van der Waals surface area (Å²) in [6.07, 6.45) is 3.59. The van der Waals surface area contributed by atoms with Crippen molar-refractivity contribution in [1.82, 2.24) is 5.32 Å². The normalized spacial score (nSPS) is 20.8. The number of hydrogen-bond acceptors (Lipinski definition) is 4. The lowest BCUT2D eigenvalue weighted by atomic mass is 9.78. The van der Waals surface area contributed by atoms with E-state index in [9.17, 15) is 14.4 Å². The molecule has 0 aromatic heterocycles. The number of nitrogens with one attached hydrogen (secondary N) is 1. The predicted molar refractivity (Wildman–Crippen MR) is 141 cm³/mol. The molecule has 0 spiro atoms. The number of urea groups is 1. The third-order valence-electron chi connectivity index (χ3n) is 6.79. The third kappa shape index (κ3) is 4.45. The van der Waals surface area contributed by atoms with Crippen LogP contribution >= 0.6 is 23.2 Å². The van der Waals surface area contributed by atoms with E-state index in [0.717, 1.165) is 35.4 Å². The highest BCUT2D eigenvalue weighted by atomic mass is 35.5. The third-order valence-corrected chi connectivity index (χ3v) is 7.60. The molecule has 2 aliphatic rings. The molecule has 4 amide bonds. The first-order valence-electron chi connectivity index (χ1n) is 11.7. The molecule has 0 saturated carbocycles. The van der Waals surface area contributed by atoms with Gasteiger partial charge in [0.1, 0.15) is 5.57 Å². The van der Waals surface area contributed by atoms with Crippen molar-refractivity contribution in [3.05, 3.63) is 62.6 Å². The van der Waals surface area contributed by atoms with Crippen LogP contribution in [0.3, 0.4) is 0 Å². The van der Waals surface area contributed by atoms with Gasteiger partial charge in [0.25, 0.3) is 11.8 Å². The number of fused-ring (bicyclic) bond motifs is 1. The lowest BCUT2D eigenvalue weighted by Gasteiger charge is -2.48. The molecule has 1 N–H and O–H groups in total. The standard InChI is InChI=1S/C27H29Cl2N3O3/c1-6-10-31-22-11-15(2)17(12-18(22)16(3)14-27(31,4)5)13-19-24(33)30-26(35)32(25(19)34)21-9-7-8-20(28)23(21)29/h7-9,11-13,16H,6,10,14H2,1-5H3,(H,30,33,35)/b19-13-. The molecular formula is C27H29Cl2N3O3. The molecule has 2 aromatic rings. The maximum atomic E-state index is 13.4. The van der Waals surface area contributed by atoms with E-state index in [1.807, 2.05) is 6.92 Å². The minimum Gasteiger partial charge on any atom is -0.366 e. The second-order valence-corrected chi connectivity index (χ2v) is 10.7. The van der Waals surface area contributed by atoms with E-state index in [1.165, 1.54) is 17.3 Å². The van der Waals surface area contributed by atoms with Crippen LogP contribution in [0.5, 0.6) is 0 Å². The summed E-state index contributed by atoms with van der Waals surface area (Å²) in [4.78, 5) is 42.0. The summed E-state index contributed by atoms with van der Waals surface area (Å²) in [7, 11) is 0. The lowest BCUT2D eigenvalue weighted by Crippen LogP contribution is -2.54. The van der Waals surface area contributed by atoms with E-state index in [2.05, 4.69) is 50.0 Å². The summed E-state index contributed by atoms with van der Waals surface area (Å²) in [6, 6.07) is 7.99. The van der Waals surface area contributed by atoms with E-state index >= 15 is 0 Å². The molecule has 2 aliphatic heterocycles. The van der Waals surface area contributed by atoms with Crippen LogP contribution < -0.4 is 15.1 Å². The quantitative estimate of drug-likeness (QED) is 0.375. The highest BCUT2D eigenvalue weighted by Gasteiger charge is 2.39.